The van der Waals surface area contributed by atoms with Gasteiger partial charge in [-0.25, -0.2) is 0 Å². The molecule has 3 nitrogen and oxygen atoms in total. The number of nitrogens with zero attached hydrogens (tertiary/aromatic N) is 1. The van der Waals surface area contributed by atoms with Crippen LogP contribution in [0.25, 0.3) is 0 Å². The maximum Gasteiger partial charge on any atom is 0.261 e. The second-order valence-corrected chi connectivity index (χ2v) is 3.66. The summed E-state index contributed by atoms with van der Waals surface area (Å²) in [5.74, 6) is 0. The van der Waals surface area contributed by atoms with Crippen LogP contribution in [0.1, 0.15) is 6.92 Å². The molecule has 0 amide bonds. The first-order chi connectivity index (χ1) is 7.13. The summed E-state index contributed by atoms with van der Waals surface area (Å²) >= 11 is 4.98. The predicted octanol–water partition coefficient (Wildman–Crippen LogP) is 2.49. The molecule has 82 valence electrons. The van der Waals surface area contributed by atoms with Crippen LogP contribution in [-0.2, 0) is 4.74 Å². The molecule has 0 atom stereocenters. The van der Waals surface area contributed by atoms with Crippen molar-refractivity contribution in [3.05, 3.63) is 24.3 Å². The van der Waals surface area contributed by atoms with Crippen LogP contribution in [0.3, 0.4) is 0 Å². The summed E-state index contributed by atoms with van der Waals surface area (Å²) in [5, 5.41) is 3.41. The Morgan fingerprint density at radius 2 is 1.93 bits per heavy atom. The normalized spacial score (nSPS) is 9.53. The average molecular weight is 224 g/mol. The molecule has 0 radical (unpaired) electrons. The van der Waals surface area contributed by atoms with E-state index in [0.717, 1.165) is 11.4 Å². The SMILES string of the molecule is CCOC(=S)Nc1ccc(N(C)C)cc1. The maximum atomic E-state index is 5.13. The fourth-order valence-corrected chi connectivity index (χ4v) is 1.36. The molecule has 0 saturated heterocycles. The molecule has 0 heterocycles. The van der Waals surface area contributed by atoms with E-state index in [-0.39, 0.29) is 0 Å². The average Bonchev–Trinajstić information content (AvgIpc) is 2.18. The number of benzene rings is 1. The van der Waals surface area contributed by atoms with E-state index in [2.05, 4.69) is 5.32 Å². The Morgan fingerprint density at radius 3 is 2.40 bits per heavy atom. The minimum atomic E-state index is 0.412. The summed E-state index contributed by atoms with van der Waals surface area (Å²) < 4.78 is 5.13. The van der Waals surface area contributed by atoms with Gasteiger partial charge in [0.05, 0.1) is 6.61 Å². The topological polar surface area (TPSA) is 24.5 Å². The lowest BCUT2D eigenvalue weighted by molar-refractivity contribution is 0.335. The van der Waals surface area contributed by atoms with Crippen LogP contribution in [0.2, 0.25) is 0 Å². The molecular formula is C11H16N2OS. The Kier molecular flexibility index (Phi) is 4.37. The molecular weight excluding hydrogens is 208 g/mol. The Balaban J connectivity index is 2.60. The predicted molar refractivity (Wildman–Crippen MR) is 68.6 cm³/mol. The smallest absolute Gasteiger partial charge is 0.261 e. The van der Waals surface area contributed by atoms with E-state index >= 15 is 0 Å². The van der Waals surface area contributed by atoms with Gasteiger partial charge in [-0.3, -0.25) is 0 Å². The second-order valence-electron chi connectivity index (χ2n) is 3.29. The Morgan fingerprint density at radius 1 is 1.33 bits per heavy atom. The summed E-state index contributed by atoms with van der Waals surface area (Å²) in [7, 11) is 4.01. The number of hydrogen-bond acceptors (Lipinski definition) is 3. The number of nitrogens with one attached hydrogen (secondary N) is 1. The van der Waals surface area contributed by atoms with Gasteiger partial charge in [-0.1, -0.05) is 0 Å². The number of ether oxygens (including phenoxy) is 1. The molecule has 0 bridgehead atoms. The van der Waals surface area contributed by atoms with Gasteiger partial charge >= 0.3 is 0 Å². The van der Waals surface area contributed by atoms with E-state index in [1.165, 1.54) is 0 Å². The van der Waals surface area contributed by atoms with Crippen molar-refractivity contribution in [2.75, 3.05) is 30.9 Å². The summed E-state index contributed by atoms with van der Waals surface area (Å²) in [6.45, 7) is 2.49. The molecule has 0 aliphatic heterocycles. The largest absolute Gasteiger partial charge is 0.471 e. The monoisotopic (exact) mass is 224 g/mol. The van der Waals surface area contributed by atoms with Crippen molar-refractivity contribution in [1.29, 1.82) is 0 Å². The van der Waals surface area contributed by atoms with Crippen molar-refractivity contribution in [3.63, 3.8) is 0 Å². The van der Waals surface area contributed by atoms with Crippen LogP contribution in [0.4, 0.5) is 11.4 Å². The van der Waals surface area contributed by atoms with Gasteiger partial charge in [0.25, 0.3) is 5.17 Å². The molecule has 0 unspecified atom stereocenters. The third-order valence-corrected chi connectivity index (χ3v) is 2.13. The molecule has 0 spiro atoms. The van der Waals surface area contributed by atoms with Crippen molar-refractivity contribution in [1.82, 2.24) is 0 Å². The Bertz CT molecular complexity index is 322. The standard InChI is InChI=1S/C11H16N2OS/c1-4-14-11(15)12-9-5-7-10(8-6-9)13(2)3/h5-8H,4H2,1-3H3,(H,12,15). The summed E-state index contributed by atoms with van der Waals surface area (Å²) in [6, 6.07) is 8.00. The minimum absolute atomic E-state index is 0.412. The molecule has 4 heteroatoms. The summed E-state index contributed by atoms with van der Waals surface area (Å²) in [6.07, 6.45) is 0. The zero-order valence-corrected chi connectivity index (χ0v) is 10.1. The van der Waals surface area contributed by atoms with Gasteiger partial charge in [-0.05, 0) is 43.4 Å². The lowest BCUT2D eigenvalue weighted by Gasteiger charge is -2.13. The number of rotatable bonds is 3. The fourth-order valence-electron chi connectivity index (χ4n) is 1.13. The first kappa shape index (κ1) is 11.8. The molecule has 0 fully saturated rings. The van der Waals surface area contributed by atoms with E-state index in [1.807, 2.05) is 50.2 Å². The van der Waals surface area contributed by atoms with Crippen molar-refractivity contribution in [3.8, 4) is 0 Å². The van der Waals surface area contributed by atoms with Crippen molar-refractivity contribution < 1.29 is 4.74 Å². The number of thiocarbonyl (C=S) groups is 1. The fraction of sp³-hybridized carbons (Fsp3) is 0.364. The summed E-state index contributed by atoms with van der Waals surface area (Å²) in [5.41, 5.74) is 2.10. The lowest BCUT2D eigenvalue weighted by atomic mass is 10.2. The van der Waals surface area contributed by atoms with Crippen LogP contribution >= 0.6 is 12.2 Å². The van der Waals surface area contributed by atoms with Crippen molar-refractivity contribution in [2.45, 2.75) is 6.92 Å². The van der Waals surface area contributed by atoms with Gasteiger partial charge in [0.1, 0.15) is 0 Å². The molecule has 1 aromatic rings. The first-order valence-corrected chi connectivity index (χ1v) is 5.25. The number of anilines is 2. The van der Waals surface area contributed by atoms with Crippen LogP contribution in [-0.4, -0.2) is 25.9 Å². The van der Waals surface area contributed by atoms with E-state index in [9.17, 15) is 0 Å². The molecule has 15 heavy (non-hydrogen) atoms. The second kappa shape index (κ2) is 5.56. The Hall–Kier alpha value is -1.29. The highest BCUT2D eigenvalue weighted by atomic mass is 32.1. The molecule has 1 N–H and O–H groups in total. The van der Waals surface area contributed by atoms with Crippen LogP contribution in [0, 0.1) is 0 Å². The molecule has 0 saturated carbocycles. The molecule has 0 aliphatic rings. The van der Waals surface area contributed by atoms with Crippen LogP contribution < -0.4 is 10.2 Å². The lowest BCUT2D eigenvalue weighted by Crippen LogP contribution is -2.13. The van der Waals surface area contributed by atoms with Gasteiger partial charge in [0.2, 0.25) is 0 Å². The van der Waals surface area contributed by atoms with Gasteiger partial charge in [-0.2, -0.15) is 0 Å². The maximum absolute atomic E-state index is 5.13. The van der Waals surface area contributed by atoms with Gasteiger partial charge < -0.3 is 15.0 Å². The van der Waals surface area contributed by atoms with E-state index in [1.54, 1.807) is 0 Å². The minimum Gasteiger partial charge on any atom is -0.471 e. The molecule has 0 aromatic heterocycles. The molecule has 0 aliphatic carbocycles. The zero-order chi connectivity index (χ0) is 11.3. The van der Waals surface area contributed by atoms with Crippen molar-refractivity contribution in [2.24, 2.45) is 0 Å². The van der Waals surface area contributed by atoms with Gasteiger partial charge in [-0.15, -0.1) is 0 Å². The highest BCUT2D eigenvalue weighted by Crippen LogP contribution is 2.15. The first-order valence-electron chi connectivity index (χ1n) is 4.84. The van der Waals surface area contributed by atoms with E-state index in [4.69, 9.17) is 17.0 Å². The van der Waals surface area contributed by atoms with Crippen LogP contribution in [0.5, 0.6) is 0 Å². The van der Waals surface area contributed by atoms with E-state index < -0.39 is 0 Å². The highest BCUT2D eigenvalue weighted by Gasteiger charge is 1.98. The quantitative estimate of drug-likeness (QED) is 0.797. The summed E-state index contributed by atoms with van der Waals surface area (Å²) in [4.78, 5) is 2.05. The third kappa shape index (κ3) is 3.75. The molecule has 1 aromatic carbocycles. The Labute approximate surface area is 96.0 Å². The number of hydrogen-bond donors (Lipinski definition) is 1. The van der Waals surface area contributed by atoms with Gasteiger partial charge in [0.15, 0.2) is 0 Å². The highest BCUT2D eigenvalue weighted by molar-refractivity contribution is 7.80. The zero-order valence-electron chi connectivity index (χ0n) is 9.28. The van der Waals surface area contributed by atoms with Crippen molar-refractivity contribution >= 4 is 28.8 Å². The van der Waals surface area contributed by atoms with Gasteiger partial charge in [0, 0.05) is 25.5 Å². The third-order valence-electron chi connectivity index (χ3n) is 1.91. The van der Waals surface area contributed by atoms with Crippen LogP contribution in [0.15, 0.2) is 24.3 Å². The van der Waals surface area contributed by atoms with E-state index in [0.29, 0.717) is 11.8 Å². The molecule has 1 rings (SSSR count).